The molecular formula is C39H54Cl2N6O6S. The van der Waals surface area contributed by atoms with E-state index in [1.54, 1.807) is 17.4 Å². The summed E-state index contributed by atoms with van der Waals surface area (Å²) < 4.78 is 5.79. The van der Waals surface area contributed by atoms with E-state index in [2.05, 4.69) is 15.6 Å². The van der Waals surface area contributed by atoms with Gasteiger partial charge in [0.2, 0.25) is 23.6 Å². The molecule has 0 aliphatic carbocycles. The van der Waals surface area contributed by atoms with Crippen LogP contribution in [0.25, 0.3) is 10.4 Å². The maximum absolute atomic E-state index is 14.0. The first-order valence-corrected chi connectivity index (χ1v) is 19.3. The summed E-state index contributed by atoms with van der Waals surface area (Å²) in [4.78, 5) is 58.6. The Labute approximate surface area is 333 Å². The van der Waals surface area contributed by atoms with Crippen LogP contribution in [0.5, 0.6) is 5.75 Å². The predicted molar refractivity (Wildman–Crippen MR) is 215 cm³/mol. The minimum atomic E-state index is -0.909. The molecule has 2 aromatic carbocycles. The Morgan fingerprint density at radius 1 is 1.09 bits per heavy atom. The Morgan fingerprint density at radius 3 is 2.43 bits per heavy atom. The van der Waals surface area contributed by atoms with Gasteiger partial charge >= 0.3 is 0 Å². The summed E-state index contributed by atoms with van der Waals surface area (Å²) in [7, 11) is 0. The maximum Gasteiger partial charge on any atom is 0.246 e. The molecule has 15 heteroatoms. The van der Waals surface area contributed by atoms with Crippen molar-refractivity contribution >= 4 is 59.0 Å². The van der Waals surface area contributed by atoms with Crippen molar-refractivity contribution in [2.75, 3.05) is 13.2 Å². The standard InChI is InChI=1S/C39H53ClN6O6S.ClH/c1-23(25-13-15-27(16-14-25)35-24(2)43-22-53-35)44-37(50)30-19-29(47)20-46(30)38(51)36(39(3,4)5)45-33(49)12-7-6-9-26-10-8-11-31(34(26)40)52-21-28(41)17-18-32(42)48;/h8,10-11,13-16,22-23,28-30,36,47H,6-7,9,12,17-21,41H2,1-5H3,(H2,42,48)(H,44,50)(H,45,49);1H/t23?,28?,29-,30-,36?;/m0./s1. The van der Waals surface area contributed by atoms with Gasteiger partial charge in [-0.05, 0) is 67.7 Å². The summed E-state index contributed by atoms with van der Waals surface area (Å²) in [6.07, 6.45) is 1.84. The monoisotopic (exact) mass is 804 g/mol. The van der Waals surface area contributed by atoms with E-state index in [-0.39, 0.29) is 68.7 Å². The van der Waals surface area contributed by atoms with Crippen LogP contribution in [-0.2, 0) is 25.6 Å². The van der Waals surface area contributed by atoms with Crippen LogP contribution in [0.1, 0.15) is 89.1 Å². The molecule has 5 atom stereocenters. The molecule has 1 aliphatic heterocycles. The first-order chi connectivity index (χ1) is 25.0. The van der Waals surface area contributed by atoms with Crippen LogP contribution < -0.4 is 26.8 Å². The van der Waals surface area contributed by atoms with Gasteiger partial charge < -0.3 is 36.8 Å². The zero-order valence-electron chi connectivity index (χ0n) is 31.6. The number of thiazole rings is 1. The first-order valence-electron chi connectivity index (χ1n) is 18.1. The molecule has 0 radical (unpaired) electrons. The number of hydrogen-bond donors (Lipinski definition) is 5. The summed E-state index contributed by atoms with van der Waals surface area (Å²) in [5.74, 6) is -0.965. The third kappa shape index (κ3) is 12.4. The highest BCUT2D eigenvalue weighted by Crippen LogP contribution is 2.31. The average molecular weight is 806 g/mol. The third-order valence-corrected chi connectivity index (χ3v) is 10.8. The molecular weight excluding hydrogens is 751 g/mol. The van der Waals surface area contributed by atoms with Crippen molar-refractivity contribution in [3.8, 4) is 16.2 Å². The number of benzene rings is 2. The van der Waals surface area contributed by atoms with E-state index in [0.717, 1.165) is 27.3 Å². The number of nitrogens with zero attached hydrogens (tertiary/aromatic N) is 2. The van der Waals surface area contributed by atoms with Crippen molar-refractivity contribution in [3.05, 3.63) is 69.8 Å². The van der Waals surface area contributed by atoms with Crippen molar-refractivity contribution in [3.63, 3.8) is 0 Å². The largest absolute Gasteiger partial charge is 0.490 e. The molecule has 4 rings (SSSR count). The number of aliphatic hydroxyl groups excluding tert-OH is 1. The first kappa shape index (κ1) is 44.6. The molecule has 1 saturated heterocycles. The lowest BCUT2D eigenvalue weighted by atomic mass is 9.85. The highest BCUT2D eigenvalue weighted by atomic mass is 35.5. The van der Waals surface area contributed by atoms with Crippen LogP contribution in [-0.4, -0.2) is 76.0 Å². The second-order valence-electron chi connectivity index (χ2n) is 14.9. The van der Waals surface area contributed by atoms with Gasteiger partial charge in [-0.15, -0.1) is 23.7 Å². The molecule has 4 amide bonds. The Kier molecular flexibility index (Phi) is 16.7. The van der Waals surface area contributed by atoms with Gasteiger partial charge in [0.25, 0.3) is 0 Å². The van der Waals surface area contributed by atoms with Crippen molar-refractivity contribution in [1.29, 1.82) is 0 Å². The van der Waals surface area contributed by atoms with E-state index in [9.17, 15) is 24.3 Å². The van der Waals surface area contributed by atoms with Crippen LogP contribution in [0.4, 0.5) is 0 Å². The number of hydrogen-bond acceptors (Lipinski definition) is 9. The number of aliphatic hydroxyl groups is 1. The van der Waals surface area contributed by atoms with Gasteiger partial charge in [0, 0.05) is 31.8 Å². The fourth-order valence-electron chi connectivity index (χ4n) is 6.32. The number of amides is 4. The zero-order chi connectivity index (χ0) is 38.9. The number of ether oxygens (including phenoxy) is 1. The molecule has 3 unspecified atom stereocenters. The van der Waals surface area contributed by atoms with Crippen molar-refractivity contribution < 1.29 is 29.0 Å². The summed E-state index contributed by atoms with van der Waals surface area (Å²) >= 11 is 8.17. The lowest BCUT2D eigenvalue weighted by Crippen LogP contribution is -2.57. The SMILES string of the molecule is Cc1ncsc1-c1ccc(C(C)NC(=O)[C@@H]2C[C@H](O)CN2C(=O)C(NC(=O)CCCCc2cccc(OCC(N)CCC(N)=O)c2Cl)C(C)(C)C)cc1.Cl. The van der Waals surface area contributed by atoms with E-state index in [4.69, 9.17) is 27.8 Å². The van der Waals surface area contributed by atoms with Crippen molar-refractivity contribution in [2.24, 2.45) is 16.9 Å². The van der Waals surface area contributed by atoms with E-state index in [1.165, 1.54) is 4.90 Å². The number of unbranched alkanes of at least 4 members (excludes halogenated alkanes) is 1. The number of nitrogens with one attached hydrogen (secondary N) is 2. The fraction of sp³-hybridized carbons (Fsp3) is 0.513. The number of rotatable bonds is 17. The summed E-state index contributed by atoms with van der Waals surface area (Å²) in [6, 6.07) is 10.9. The van der Waals surface area contributed by atoms with Gasteiger partial charge in [-0.2, -0.15) is 0 Å². The van der Waals surface area contributed by atoms with Crippen molar-refractivity contribution in [1.82, 2.24) is 20.5 Å². The number of nitrogens with two attached hydrogens (primary N) is 2. The van der Waals surface area contributed by atoms with Crippen molar-refractivity contribution in [2.45, 2.75) is 110 Å². The van der Waals surface area contributed by atoms with E-state index in [1.807, 2.05) is 76.5 Å². The third-order valence-electron chi connectivity index (χ3n) is 9.42. The highest BCUT2D eigenvalue weighted by molar-refractivity contribution is 7.13. The van der Waals surface area contributed by atoms with E-state index < -0.39 is 35.4 Å². The molecule has 12 nitrogen and oxygen atoms in total. The number of aromatic nitrogens is 1. The quantitative estimate of drug-likeness (QED) is 0.114. The van der Waals surface area contributed by atoms with Crippen LogP contribution in [0.2, 0.25) is 5.02 Å². The van der Waals surface area contributed by atoms with Crippen LogP contribution >= 0.6 is 35.3 Å². The summed E-state index contributed by atoms with van der Waals surface area (Å²) in [6.45, 7) is 9.62. The maximum atomic E-state index is 14.0. The van der Waals surface area contributed by atoms with E-state index in [0.29, 0.717) is 36.5 Å². The Hall–Kier alpha value is -3.75. The molecule has 54 heavy (non-hydrogen) atoms. The number of β-amino-alcohol motifs (C(OH)–C–C–N with tert-alkyl or cyclic N) is 1. The minimum absolute atomic E-state index is 0. The summed E-state index contributed by atoms with van der Waals surface area (Å²) in [5, 5.41) is 17.0. The average Bonchev–Trinajstić information content (AvgIpc) is 3.72. The lowest BCUT2D eigenvalue weighted by Gasteiger charge is -2.35. The Bertz CT molecular complexity index is 1730. The predicted octanol–water partition coefficient (Wildman–Crippen LogP) is 5.25. The van der Waals surface area contributed by atoms with Crippen LogP contribution in [0.15, 0.2) is 48.0 Å². The molecule has 0 saturated carbocycles. The lowest BCUT2D eigenvalue weighted by molar-refractivity contribution is -0.144. The number of halogens is 2. The zero-order valence-corrected chi connectivity index (χ0v) is 34.0. The number of carbonyl (C=O) groups is 4. The topological polar surface area (TPSA) is 190 Å². The Morgan fingerprint density at radius 2 is 1.80 bits per heavy atom. The molecule has 1 aliphatic rings. The molecule has 1 fully saturated rings. The van der Waals surface area contributed by atoms with Crippen LogP contribution in [0.3, 0.4) is 0 Å². The second-order valence-corrected chi connectivity index (χ2v) is 16.1. The molecule has 7 N–H and O–H groups in total. The van der Waals surface area contributed by atoms with Gasteiger partial charge in [-0.3, -0.25) is 19.2 Å². The molecule has 3 aromatic rings. The highest BCUT2D eigenvalue weighted by Gasteiger charge is 2.44. The molecule has 2 heterocycles. The number of likely N-dealkylation sites (tertiary alicyclic amines) is 1. The number of carbonyl (C=O) groups excluding carboxylic acids is 4. The molecule has 0 spiro atoms. The van der Waals surface area contributed by atoms with Gasteiger partial charge in [0.05, 0.1) is 33.3 Å². The number of aryl methyl sites for hydroxylation is 2. The normalized spacial score (nSPS) is 17.2. The van der Waals surface area contributed by atoms with E-state index >= 15 is 0 Å². The summed E-state index contributed by atoms with van der Waals surface area (Å²) in [5.41, 5.74) is 16.1. The van der Waals surface area contributed by atoms with Gasteiger partial charge in [0.1, 0.15) is 24.4 Å². The molecule has 0 bridgehead atoms. The second kappa shape index (κ2) is 20.2. The molecule has 296 valence electrons. The fourth-order valence-corrected chi connectivity index (χ4v) is 7.40. The molecule has 1 aromatic heterocycles. The smallest absolute Gasteiger partial charge is 0.246 e. The number of primary amides is 1. The van der Waals surface area contributed by atoms with Gasteiger partial charge in [0.15, 0.2) is 0 Å². The van der Waals surface area contributed by atoms with Gasteiger partial charge in [-0.1, -0.05) is 68.8 Å². The van der Waals surface area contributed by atoms with Gasteiger partial charge in [-0.25, -0.2) is 4.98 Å². The Balaban J connectivity index is 0.00000784. The van der Waals surface area contributed by atoms with Crippen LogP contribution in [0, 0.1) is 12.3 Å². The minimum Gasteiger partial charge on any atom is -0.490 e.